The molecule has 2 heterocycles. The van der Waals surface area contributed by atoms with Gasteiger partial charge in [-0.05, 0) is 35.6 Å². The SMILES string of the molecule is C=Cc1ccc(C2=CC=CNC2)cn1. The molecule has 2 nitrogen and oxygen atoms in total. The number of dihydropyridines is 1. The first-order valence-electron chi connectivity index (χ1n) is 4.58. The summed E-state index contributed by atoms with van der Waals surface area (Å²) in [5.74, 6) is 0. The summed E-state index contributed by atoms with van der Waals surface area (Å²) >= 11 is 0. The van der Waals surface area contributed by atoms with Crippen LogP contribution in [0.15, 0.2) is 43.3 Å². The van der Waals surface area contributed by atoms with Crippen molar-refractivity contribution in [3.63, 3.8) is 0 Å². The summed E-state index contributed by atoms with van der Waals surface area (Å²) in [5.41, 5.74) is 3.33. The van der Waals surface area contributed by atoms with E-state index in [4.69, 9.17) is 0 Å². The first-order valence-corrected chi connectivity index (χ1v) is 4.58. The predicted octanol–water partition coefficient (Wildman–Crippen LogP) is 2.22. The Kier molecular flexibility index (Phi) is 2.45. The molecule has 1 N–H and O–H groups in total. The predicted molar refractivity (Wildman–Crippen MR) is 59.4 cm³/mol. The molecule has 1 aliphatic heterocycles. The number of hydrogen-bond acceptors (Lipinski definition) is 2. The maximum Gasteiger partial charge on any atom is 0.0624 e. The van der Waals surface area contributed by atoms with Crippen LogP contribution in [0.1, 0.15) is 11.3 Å². The minimum absolute atomic E-state index is 0.867. The zero-order chi connectivity index (χ0) is 9.80. The second-order valence-electron chi connectivity index (χ2n) is 3.11. The van der Waals surface area contributed by atoms with Crippen molar-refractivity contribution in [3.05, 3.63) is 54.5 Å². The van der Waals surface area contributed by atoms with Gasteiger partial charge >= 0.3 is 0 Å². The fourth-order valence-corrected chi connectivity index (χ4v) is 1.37. The lowest BCUT2D eigenvalue weighted by Gasteiger charge is -2.10. The average Bonchev–Trinajstić information content (AvgIpc) is 2.30. The molecule has 0 amide bonds. The van der Waals surface area contributed by atoms with E-state index in [0.29, 0.717) is 0 Å². The Bertz CT molecular complexity index is 385. The molecular formula is C12H12N2. The van der Waals surface area contributed by atoms with Gasteiger partial charge in [0.25, 0.3) is 0 Å². The first-order chi connectivity index (χ1) is 6.90. The van der Waals surface area contributed by atoms with Gasteiger partial charge in [0.05, 0.1) is 5.69 Å². The van der Waals surface area contributed by atoms with Crippen molar-refractivity contribution < 1.29 is 0 Å². The van der Waals surface area contributed by atoms with Gasteiger partial charge in [0.1, 0.15) is 0 Å². The minimum atomic E-state index is 0.867. The molecule has 0 saturated heterocycles. The summed E-state index contributed by atoms with van der Waals surface area (Å²) in [5, 5.41) is 3.17. The number of allylic oxidation sites excluding steroid dienone is 2. The zero-order valence-corrected chi connectivity index (χ0v) is 7.90. The third-order valence-electron chi connectivity index (χ3n) is 2.17. The second-order valence-corrected chi connectivity index (χ2v) is 3.11. The van der Waals surface area contributed by atoms with Gasteiger partial charge in [0.2, 0.25) is 0 Å². The molecule has 0 bridgehead atoms. The van der Waals surface area contributed by atoms with E-state index in [9.17, 15) is 0 Å². The van der Waals surface area contributed by atoms with Crippen molar-refractivity contribution in [1.29, 1.82) is 0 Å². The van der Waals surface area contributed by atoms with E-state index in [1.807, 2.05) is 24.5 Å². The van der Waals surface area contributed by atoms with E-state index < -0.39 is 0 Å². The lowest BCUT2D eigenvalue weighted by atomic mass is 10.1. The van der Waals surface area contributed by atoms with Gasteiger partial charge in [-0.3, -0.25) is 4.98 Å². The van der Waals surface area contributed by atoms with Gasteiger partial charge in [-0.2, -0.15) is 0 Å². The van der Waals surface area contributed by atoms with Gasteiger partial charge in [-0.25, -0.2) is 0 Å². The standard InChI is InChI=1S/C12H12N2/c1-2-12-6-5-11(9-14-12)10-4-3-7-13-8-10/h2-7,9,13H,1,8H2. The molecule has 0 unspecified atom stereocenters. The first kappa shape index (κ1) is 8.75. The Morgan fingerprint density at radius 1 is 1.43 bits per heavy atom. The van der Waals surface area contributed by atoms with Gasteiger partial charge in [0, 0.05) is 12.7 Å². The molecule has 0 radical (unpaired) electrons. The van der Waals surface area contributed by atoms with Crippen molar-refractivity contribution in [2.45, 2.75) is 0 Å². The zero-order valence-electron chi connectivity index (χ0n) is 7.90. The van der Waals surface area contributed by atoms with Crippen molar-refractivity contribution in [2.24, 2.45) is 0 Å². The smallest absolute Gasteiger partial charge is 0.0624 e. The van der Waals surface area contributed by atoms with E-state index in [1.165, 1.54) is 5.57 Å². The summed E-state index contributed by atoms with van der Waals surface area (Å²) in [6, 6.07) is 4.04. The van der Waals surface area contributed by atoms with Gasteiger partial charge < -0.3 is 5.32 Å². The molecule has 0 aliphatic carbocycles. The largest absolute Gasteiger partial charge is 0.387 e. The molecule has 70 valence electrons. The Morgan fingerprint density at radius 2 is 2.36 bits per heavy atom. The van der Waals surface area contributed by atoms with Crippen molar-refractivity contribution in [3.8, 4) is 0 Å². The van der Waals surface area contributed by atoms with Crippen LogP contribution in [0.5, 0.6) is 0 Å². The number of nitrogens with zero attached hydrogens (tertiary/aromatic N) is 1. The average molecular weight is 184 g/mol. The quantitative estimate of drug-likeness (QED) is 0.762. The van der Waals surface area contributed by atoms with Crippen molar-refractivity contribution in [1.82, 2.24) is 10.3 Å². The van der Waals surface area contributed by atoms with Crippen molar-refractivity contribution in [2.75, 3.05) is 6.54 Å². The number of pyridine rings is 1. The molecule has 2 rings (SSSR count). The number of hydrogen-bond donors (Lipinski definition) is 1. The molecule has 14 heavy (non-hydrogen) atoms. The Morgan fingerprint density at radius 3 is 2.93 bits per heavy atom. The third kappa shape index (κ3) is 1.74. The highest BCUT2D eigenvalue weighted by Gasteiger charge is 2.02. The lowest BCUT2D eigenvalue weighted by molar-refractivity contribution is 0.984. The highest BCUT2D eigenvalue weighted by Crippen LogP contribution is 2.14. The number of nitrogens with one attached hydrogen (secondary N) is 1. The van der Waals surface area contributed by atoms with Gasteiger partial charge in [-0.1, -0.05) is 18.7 Å². The van der Waals surface area contributed by atoms with Crippen LogP contribution in [-0.4, -0.2) is 11.5 Å². The van der Waals surface area contributed by atoms with E-state index in [-0.39, 0.29) is 0 Å². The Balaban J connectivity index is 2.28. The summed E-state index contributed by atoms with van der Waals surface area (Å²) in [6.45, 7) is 4.54. The Labute approximate surface area is 83.7 Å². The minimum Gasteiger partial charge on any atom is -0.387 e. The normalized spacial score (nSPS) is 14.4. The van der Waals surface area contributed by atoms with Crippen LogP contribution in [-0.2, 0) is 0 Å². The fourth-order valence-electron chi connectivity index (χ4n) is 1.37. The van der Waals surface area contributed by atoms with Crippen LogP contribution < -0.4 is 5.32 Å². The molecule has 1 aliphatic rings. The Hall–Kier alpha value is -1.83. The third-order valence-corrected chi connectivity index (χ3v) is 2.17. The molecular weight excluding hydrogens is 172 g/mol. The molecule has 2 heteroatoms. The van der Waals surface area contributed by atoms with Crippen LogP contribution in [0.4, 0.5) is 0 Å². The van der Waals surface area contributed by atoms with Gasteiger partial charge in [0.15, 0.2) is 0 Å². The van der Waals surface area contributed by atoms with E-state index in [1.54, 1.807) is 6.08 Å². The maximum atomic E-state index is 4.26. The summed E-state index contributed by atoms with van der Waals surface area (Å²) in [7, 11) is 0. The topological polar surface area (TPSA) is 24.9 Å². The van der Waals surface area contributed by atoms with Crippen LogP contribution in [0.2, 0.25) is 0 Å². The highest BCUT2D eigenvalue weighted by molar-refractivity contribution is 5.69. The summed E-state index contributed by atoms with van der Waals surface area (Å²) in [6.07, 6.45) is 9.66. The monoisotopic (exact) mass is 184 g/mol. The van der Waals surface area contributed by atoms with Gasteiger partial charge in [-0.15, -0.1) is 0 Å². The van der Waals surface area contributed by atoms with Crippen molar-refractivity contribution >= 4 is 11.6 Å². The van der Waals surface area contributed by atoms with Crippen LogP contribution in [0.25, 0.3) is 11.6 Å². The summed E-state index contributed by atoms with van der Waals surface area (Å²) in [4.78, 5) is 4.26. The lowest BCUT2D eigenvalue weighted by Crippen LogP contribution is -2.11. The molecule has 0 atom stereocenters. The fraction of sp³-hybridized carbons (Fsp3) is 0.0833. The molecule has 0 fully saturated rings. The van der Waals surface area contributed by atoms with Crippen LogP contribution in [0.3, 0.4) is 0 Å². The summed E-state index contributed by atoms with van der Waals surface area (Å²) < 4.78 is 0. The molecule has 0 aromatic carbocycles. The molecule has 1 aromatic heterocycles. The number of rotatable bonds is 2. The molecule has 0 spiro atoms. The number of aromatic nitrogens is 1. The van der Waals surface area contributed by atoms with Crippen LogP contribution in [0, 0.1) is 0 Å². The molecule has 1 aromatic rings. The maximum absolute atomic E-state index is 4.26. The molecule has 0 saturated carbocycles. The van der Waals surface area contributed by atoms with E-state index in [0.717, 1.165) is 17.8 Å². The van der Waals surface area contributed by atoms with E-state index in [2.05, 4.69) is 29.0 Å². The van der Waals surface area contributed by atoms with Crippen LogP contribution >= 0.6 is 0 Å². The second kappa shape index (κ2) is 3.92. The van der Waals surface area contributed by atoms with E-state index >= 15 is 0 Å². The highest BCUT2D eigenvalue weighted by atomic mass is 14.8.